The maximum atomic E-state index is 12.1. The van der Waals surface area contributed by atoms with Crippen LogP contribution in [-0.4, -0.2) is 111 Å². The van der Waals surface area contributed by atoms with Crippen molar-refractivity contribution in [2.45, 2.75) is 42.9 Å². The number of aldehydes is 1. The number of fused-ring (bicyclic) bond motifs is 1. The first-order valence-electron chi connectivity index (χ1n) is 9.98. The second-order valence-electron chi connectivity index (χ2n) is 7.52. The number of hydrogen-bond acceptors (Lipinski definition) is 16. The van der Waals surface area contributed by atoms with E-state index in [0.717, 1.165) is 6.33 Å². The minimum Gasteiger partial charge on any atom is -0.388 e. The molecule has 19 nitrogen and oxygen atoms in total. The van der Waals surface area contributed by atoms with E-state index in [1.54, 1.807) is 0 Å². The normalized spacial score (nSPS) is 27.9. The SMILES string of the molecule is Nc1ncnc2c1nc(Br)n2[C@@H]1O[C@H](COP(=O)(O)OP(=O)(O)OC[C@@H](O)[C@@H](O)[C@@H](O)C=O)[C@@H](O)[C@H]1O. The summed E-state index contributed by atoms with van der Waals surface area (Å²) in [5, 5.41) is 48.9. The zero-order chi connectivity index (χ0) is 27.7. The summed E-state index contributed by atoms with van der Waals surface area (Å²) in [6.07, 6.45) is -11.3. The quantitative estimate of drug-likeness (QED) is 0.0667. The summed E-state index contributed by atoms with van der Waals surface area (Å²) >= 11 is 3.15. The van der Waals surface area contributed by atoms with Crippen molar-refractivity contribution in [3.05, 3.63) is 11.1 Å². The Kier molecular flexibility index (Phi) is 9.53. The molecular weight excluding hydrogens is 616 g/mol. The van der Waals surface area contributed by atoms with Crippen LogP contribution < -0.4 is 5.73 Å². The first-order chi connectivity index (χ1) is 17.2. The smallest absolute Gasteiger partial charge is 0.388 e. The Morgan fingerprint density at radius 3 is 2.46 bits per heavy atom. The van der Waals surface area contributed by atoms with Gasteiger partial charge in [0.2, 0.25) is 0 Å². The van der Waals surface area contributed by atoms with Crippen molar-refractivity contribution in [1.29, 1.82) is 0 Å². The number of aliphatic hydroxyl groups is 5. The topological polar surface area (TPSA) is 299 Å². The summed E-state index contributed by atoms with van der Waals surface area (Å²) < 4.78 is 43.8. The molecule has 1 saturated heterocycles. The number of aliphatic hydroxyl groups excluding tert-OH is 5. The minimum atomic E-state index is -5.40. The van der Waals surface area contributed by atoms with Gasteiger partial charge < -0.3 is 50.6 Å². The highest BCUT2D eigenvalue weighted by atomic mass is 79.9. The summed E-state index contributed by atoms with van der Waals surface area (Å²) in [4.78, 5) is 41.7. The molecule has 1 aliphatic rings. The van der Waals surface area contributed by atoms with Gasteiger partial charge in [-0.1, -0.05) is 0 Å². The molecule has 2 aromatic heterocycles. The van der Waals surface area contributed by atoms with Crippen LogP contribution in [0.3, 0.4) is 0 Å². The van der Waals surface area contributed by atoms with Gasteiger partial charge in [-0.25, -0.2) is 24.1 Å². The van der Waals surface area contributed by atoms with Gasteiger partial charge in [0.05, 0.1) is 13.2 Å². The van der Waals surface area contributed by atoms with Crippen molar-refractivity contribution in [2.24, 2.45) is 0 Å². The first kappa shape index (κ1) is 30.1. The van der Waals surface area contributed by atoms with E-state index in [2.05, 4.69) is 44.2 Å². The Labute approximate surface area is 214 Å². The molecule has 0 aromatic carbocycles. The lowest BCUT2D eigenvalue weighted by atomic mass is 10.1. The van der Waals surface area contributed by atoms with Crippen LogP contribution in [0.1, 0.15) is 6.23 Å². The van der Waals surface area contributed by atoms with Crippen LogP contribution in [0.25, 0.3) is 11.2 Å². The van der Waals surface area contributed by atoms with Crippen LogP contribution in [0.5, 0.6) is 0 Å². The summed E-state index contributed by atoms with van der Waals surface area (Å²) in [5.74, 6) is 0.0216. The van der Waals surface area contributed by atoms with E-state index < -0.39 is 71.7 Å². The van der Waals surface area contributed by atoms with Gasteiger partial charge in [0.1, 0.15) is 43.0 Å². The number of carbonyl (C=O) groups excluding carboxylic acids is 1. The lowest BCUT2D eigenvalue weighted by Gasteiger charge is -2.22. The number of nitrogen functional groups attached to an aromatic ring is 1. The predicted molar refractivity (Wildman–Crippen MR) is 120 cm³/mol. The second kappa shape index (κ2) is 11.7. The minimum absolute atomic E-state index is 0.0216. The number of phosphoric ester groups is 2. The van der Waals surface area contributed by atoms with Crippen molar-refractivity contribution in [3.63, 3.8) is 0 Å². The lowest BCUT2D eigenvalue weighted by molar-refractivity contribution is -0.127. The van der Waals surface area contributed by atoms with Crippen LogP contribution in [0.4, 0.5) is 5.82 Å². The Bertz CT molecular complexity index is 1220. The molecule has 3 heterocycles. The molecular formula is C15H22BrN5O14P2. The molecule has 9 atom stereocenters. The van der Waals surface area contributed by atoms with Gasteiger partial charge in [-0.15, -0.1) is 0 Å². The maximum absolute atomic E-state index is 12.1. The average Bonchev–Trinajstić information content (AvgIpc) is 3.30. The van der Waals surface area contributed by atoms with Crippen molar-refractivity contribution in [3.8, 4) is 0 Å². The largest absolute Gasteiger partial charge is 0.481 e. The molecule has 2 unspecified atom stereocenters. The molecule has 1 aliphatic heterocycles. The van der Waals surface area contributed by atoms with Crippen molar-refractivity contribution >= 4 is 54.8 Å². The number of phosphoric acid groups is 2. The fraction of sp³-hybridized carbons (Fsp3) is 0.600. The highest BCUT2D eigenvalue weighted by molar-refractivity contribution is 9.10. The molecule has 208 valence electrons. The first-order valence-corrected chi connectivity index (χ1v) is 13.8. The molecule has 0 saturated carbocycles. The molecule has 0 bridgehead atoms. The fourth-order valence-corrected chi connectivity index (χ4v) is 5.77. The number of imidazole rings is 1. The van der Waals surface area contributed by atoms with Crippen molar-refractivity contribution in [2.75, 3.05) is 18.9 Å². The van der Waals surface area contributed by atoms with Gasteiger partial charge in [-0.2, -0.15) is 4.31 Å². The van der Waals surface area contributed by atoms with E-state index >= 15 is 0 Å². The molecule has 0 spiro atoms. The number of halogens is 1. The summed E-state index contributed by atoms with van der Waals surface area (Å²) in [5.41, 5.74) is 6.03. The molecule has 9 N–H and O–H groups in total. The molecule has 22 heteroatoms. The third kappa shape index (κ3) is 6.94. The van der Waals surface area contributed by atoms with E-state index in [-0.39, 0.29) is 28.0 Å². The summed E-state index contributed by atoms with van der Waals surface area (Å²) in [6, 6.07) is 0. The van der Waals surface area contributed by atoms with Gasteiger partial charge in [-0.3, -0.25) is 13.6 Å². The second-order valence-corrected chi connectivity index (χ2v) is 11.3. The van der Waals surface area contributed by atoms with Crippen LogP contribution >= 0.6 is 31.6 Å². The Hall–Kier alpha value is -1.48. The van der Waals surface area contributed by atoms with E-state index in [9.17, 15) is 44.1 Å². The third-order valence-electron chi connectivity index (χ3n) is 4.95. The molecule has 0 radical (unpaired) electrons. The number of aromatic nitrogens is 4. The van der Waals surface area contributed by atoms with Gasteiger partial charge in [0.15, 0.2) is 34.2 Å². The molecule has 0 aliphatic carbocycles. The lowest BCUT2D eigenvalue weighted by Crippen LogP contribution is -2.40. The van der Waals surface area contributed by atoms with E-state index in [4.69, 9.17) is 15.6 Å². The van der Waals surface area contributed by atoms with Crippen molar-refractivity contribution < 1.29 is 67.3 Å². The van der Waals surface area contributed by atoms with Crippen LogP contribution in [0.15, 0.2) is 11.1 Å². The van der Waals surface area contributed by atoms with Gasteiger partial charge in [0.25, 0.3) is 0 Å². The third-order valence-corrected chi connectivity index (χ3v) is 8.12. The highest BCUT2D eigenvalue weighted by Crippen LogP contribution is 2.60. The van der Waals surface area contributed by atoms with Crippen molar-refractivity contribution in [1.82, 2.24) is 19.5 Å². The standard InChI is InChI=1S/C15H22BrN5O14P2/c16-15-20-8-12(17)18-4-19-13(8)21(15)14-11(27)10(26)7(34-14)3-33-37(30,31)35-36(28,29)32-2-6(24)9(25)5(23)1-22/h1,4-7,9-11,14,23-27H,2-3H2,(H,28,29)(H,30,31)(H2,17,18,19)/t5-,6+,7+,9-,10+,11+,14+/m0/s1. The molecule has 3 rings (SSSR count). The predicted octanol–water partition coefficient (Wildman–Crippen LogP) is -2.68. The summed E-state index contributed by atoms with van der Waals surface area (Å²) in [7, 11) is -10.8. The van der Waals surface area contributed by atoms with Gasteiger partial charge in [0, 0.05) is 0 Å². The monoisotopic (exact) mass is 637 g/mol. The van der Waals surface area contributed by atoms with Crippen LogP contribution in [0, 0.1) is 0 Å². The number of carbonyl (C=O) groups is 1. The number of ether oxygens (including phenoxy) is 1. The van der Waals surface area contributed by atoms with Crippen LogP contribution in [-0.2, 0) is 32.0 Å². The molecule has 2 aromatic rings. The molecule has 37 heavy (non-hydrogen) atoms. The zero-order valence-corrected chi connectivity index (χ0v) is 21.6. The zero-order valence-electron chi connectivity index (χ0n) is 18.2. The Balaban J connectivity index is 1.62. The number of nitrogens with two attached hydrogens (primary N) is 1. The highest BCUT2D eigenvalue weighted by Gasteiger charge is 2.47. The number of rotatable bonds is 12. The number of anilines is 1. The maximum Gasteiger partial charge on any atom is 0.481 e. The van der Waals surface area contributed by atoms with Gasteiger partial charge in [-0.05, 0) is 15.9 Å². The number of nitrogens with zero attached hydrogens (tertiary/aromatic N) is 4. The van der Waals surface area contributed by atoms with E-state index in [1.807, 2.05) is 0 Å². The number of hydrogen-bond donors (Lipinski definition) is 8. The summed E-state index contributed by atoms with van der Waals surface area (Å²) in [6.45, 7) is -2.13. The van der Waals surface area contributed by atoms with Gasteiger partial charge >= 0.3 is 15.6 Å². The fourth-order valence-electron chi connectivity index (χ4n) is 3.13. The van der Waals surface area contributed by atoms with E-state index in [0.29, 0.717) is 0 Å². The average molecular weight is 638 g/mol. The Morgan fingerprint density at radius 1 is 1.16 bits per heavy atom. The Morgan fingerprint density at radius 2 is 1.81 bits per heavy atom. The molecule has 0 amide bonds. The molecule has 1 fully saturated rings. The van der Waals surface area contributed by atoms with E-state index in [1.165, 1.54) is 4.57 Å². The van der Waals surface area contributed by atoms with Crippen LogP contribution in [0.2, 0.25) is 0 Å².